The second kappa shape index (κ2) is 8.60. The third kappa shape index (κ3) is 5.28. The molecule has 0 amide bonds. The van der Waals surface area contributed by atoms with Crippen LogP contribution in [0.1, 0.15) is 31.4 Å². The van der Waals surface area contributed by atoms with E-state index in [-0.39, 0.29) is 5.75 Å². The Labute approximate surface area is 148 Å². The Morgan fingerprint density at radius 2 is 1.68 bits per heavy atom. The molecule has 0 N–H and O–H groups in total. The molecule has 3 nitrogen and oxygen atoms in total. The first-order valence-electron chi connectivity index (χ1n) is 8.46. The van der Waals surface area contributed by atoms with Crippen molar-refractivity contribution in [3.63, 3.8) is 0 Å². The van der Waals surface area contributed by atoms with E-state index in [0.29, 0.717) is 5.75 Å². The lowest BCUT2D eigenvalue weighted by atomic mass is 10.1. The van der Waals surface area contributed by atoms with Crippen molar-refractivity contribution in [2.75, 3.05) is 13.1 Å². The predicted molar refractivity (Wildman–Crippen MR) is 98.0 cm³/mol. The Balaban J connectivity index is 2.23. The largest absolute Gasteiger partial charge is 0.457 e. The van der Waals surface area contributed by atoms with Crippen molar-refractivity contribution < 1.29 is 13.5 Å². The topological polar surface area (TPSA) is 24.8 Å². The van der Waals surface area contributed by atoms with E-state index < -0.39 is 11.6 Å². The van der Waals surface area contributed by atoms with E-state index in [2.05, 4.69) is 23.7 Å². The zero-order valence-electron chi connectivity index (χ0n) is 15.1. The molecular weight excluding hydrogens is 322 g/mol. The summed E-state index contributed by atoms with van der Waals surface area (Å²) < 4.78 is 32.3. The number of hydrogen-bond acceptors (Lipinski definition) is 2. The quantitative estimate of drug-likeness (QED) is 0.470. The highest BCUT2D eigenvalue weighted by Gasteiger charge is 2.08. The summed E-state index contributed by atoms with van der Waals surface area (Å²) in [7, 11) is 0. The molecule has 0 aliphatic carbocycles. The van der Waals surface area contributed by atoms with Crippen LogP contribution in [0.5, 0.6) is 11.5 Å². The number of rotatable bonds is 7. The van der Waals surface area contributed by atoms with E-state index in [1.807, 2.05) is 32.3 Å². The molecule has 0 bridgehead atoms. The molecule has 0 aliphatic heterocycles. The van der Waals surface area contributed by atoms with E-state index in [1.54, 1.807) is 0 Å². The Morgan fingerprint density at radius 1 is 1.00 bits per heavy atom. The first-order valence-corrected chi connectivity index (χ1v) is 8.46. The third-order valence-electron chi connectivity index (χ3n) is 3.83. The van der Waals surface area contributed by atoms with Gasteiger partial charge in [0.2, 0.25) is 0 Å². The van der Waals surface area contributed by atoms with Gasteiger partial charge >= 0.3 is 0 Å². The maximum atomic E-state index is 13.3. The molecular formula is C20H24F2N2O. The molecule has 0 spiro atoms. The average Bonchev–Trinajstić information content (AvgIpc) is 2.54. The Morgan fingerprint density at radius 3 is 2.28 bits per heavy atom. The van der Waals surface area contributed by atoms with Crippen LogP contribution in [0.3, 0.4) is 0 Å². The van der Waals surface area contributed by atoms with Gasteiger partial charge in [-0.25, -0.2) is 13.8 Å². The van der Waals surface area contributed by atoms with E-state index in [1.165, 1.54) is 0 Å². The normalized spacial score (nSPS) is 11.1. The van der Waals surface area contributed by atoms with E-state index in [0.717, 1.165) is 54.5 Å². The lowest BCUT2D eigenvalue weighted by Gasteiger charge is -2.16. The maximum Gasteiger partial charge on any atom is 0.133 e. The lowest BCUT2D eigenvalue weighted by Crippen LogP contribution is -2.21. The lowest BCUT2D eigenvalue weighted by molar-refractivity contribution is 0.452. The highest BCUT2D eigenvalue weighted by atomic mass is 19.1. The van der Waals surface area contributed by atoms with E-state index >= 15 is 0 Å². The fourth-order valence-electron chi connectivity index (χ4n) is 2.47. The van der Waals surface area contributed by atoms with Crippen LogP contribution in [0.4, 0.5) is 14.5 Å². The van der Waals surface area contributed by atoms with Crippen LogP contribution >= 0.6 is 0 Å². The molecule has 0 saturated carbocycles. The second-order valence-corrected chi connectivity index (χ2v) is 5.98. The summed E-state index contributed by atoms with van der Waals surface area (Å²) in [5, 5.41) is 0. The monoisotopic (exact) mass is 346 g/mol. The minimum absolute atomic E-state index is 0.136. The molecule has 0 aromatic heterocycles. The van der Waals surface area contributed by atoms with Crippen molar-refractivity contribution >= 4 is 12.0 Å². The molecule has 0 radical (unpaired) electrons. The Bertz CT molecular complexity index is 739. The molecule has 2 rings (SSSR count). The first-order chi connectivity index (χ1) is 11.9. The van der Waals surface area contributed by atoms with Gasteiger partial charge in [0, 0.05) is 31.3 Å². The van der Waals surface area contributed by atoms with Crippen LogP contribution in [0.25, 0.3) is 0 Å². The standard InChI is InChI=1S/C20H24F2N2O/c1-5-7-24(6-2)13-23-19-8-15(4)20(9-14(19)3)25-18-11-16(21)10-17(22)12-18/h8-13H,5-7H2,1-4H3/b23-13+. The van der Waals surface area contributed by atoms with Gasteiger partial charge in [0.05, 0.1) is 12.0 Å². The van der Waals surface area contributed by atoms with Gasteiger partial charge in [-0.15, -0.1) is 0 Å². The van der Waals surface area contributed by atoms with Gasteiger partial charge in [0.1, 0.15) is 23.1 Å². The van der Waals surface area contributed by atoms with Gasteiger partial charge in [-0.2, -0.15) is 0 Å². The van der Waals surface area contributed by atoms with E-state index in [9.17, 15) is 8.78 Å². The number of ether oxygens (including phenoxy) is 1. The molecule has 2 aromatic rings. The summed E-state index contributed by atoms with van der Waals surface area (Å²) in [6, 6.07) is 6.89. The molecule has 0 unspecified atom stereocenters. The summed E-state index contributed by atoms with van der Waals surface area (Å²) in [6.07, 6.45) is 2.92. The molecule has 25 heavy (non-hydrogen) atoms. The molecule has 0 fully saturated rings. The van der Waals surface area contributed by atoms with E-state index in [4.69, 9.17) is 4.74 Å². The van der Waals surface area contributed by atoms with Crippen molar-refractivity contribution in [2.24, 2.45) is 4.99 Å². The van der Waals surface area contributed by atoms with Crippen molar-refractivity contribution in [3.05, 3.63) is 53.1 Å². The van der Waals surface area contributed by atoms with Crippen molar-refractivity contribution in [1.82, 2.24) is 4.90 Å². The summed E-state index contributed by atoms with van der Waals surface area (Å²) in [5.41, 5.74) is 2.63. The van der Waals surface area contributed by atoms with Gasteiger partial charge < -0.3 is 9.64 Å². The Kier molecular flexibility index (Phi) is 6.51. The summed E-state index contributed by atoms with van der Waals surface area (Å²) in [5.74, 6) is -0.638. The molecule has 0 aliphatic rings. The number of benzene rings is 2. The van der Waals surface area contributed by atoms with Crippen molar-refractivity contribution in [2.45, 2.75) is 34.1 Å². The van der Waals surface area contributed by atoms with Gasteiger partial charge in [-0.1, -0.05) is 6.92 Å². The Hall–Kier alpha value is -2.43. The van der Waals surface area contributed by atoms with Gasteiger partial charge in [0.25, 0.3) is 0 Å². The maximum absolute atomic E-state index is 13.3. The number of hydrogen-bond donors (Lipinski definition) is 0. The van der Waals surface area contributed by atoms with Gasteiger partial charge in [-0.05, 0) is 50.5 Å². The molecule has 5 heteroatoms. The highest BCUT2D eigenvalue weighted by molar-refractivity contribution is 5.65. The number of halogens is 2. The highest BCUT2D eigenvalue weighted by Crippen LogP contribution is 2.32. The van der Waals surface area contributed by atoms with Crippen LogP contribution in [0.15, 0.2) is 35.3 Å². The summed E-state index contributed by atoms with van der Waals surface area (Å²) in [6.45, 7) is 9.91. The zero-order chi connectivity index (χ0) is 18.4. The van der Waals surface area contributed by atoms with Crippen LogP contribution in [-0.4, -0.2) is 24.3 Å². The minimum Gasteiger partial charge on any atom is -0.457 e. The van der Waals surface area contributed by atoms with Gasteiger partial charge in [0.15, 0.2) is 0 Å². The SMILES string of the molecule is CCCN(/C=N/c1cc(C)c(Oc2cc(F)cc(F)c2)cc1C)CC. The second-order valence-electron chi connectivity index (χ2n) is 5.98. The van der Waals surface area contributed by atoms with Crippen molar-refractivity contribution in [1.29, 1.82) is 0 Å². The van der Waals surface area contributed by atoms with Crippen LogP contribution in [-0.2, 0) is 0 Å². The fourth-order valence-corrected chi connectivity index (χ4v) is 2.47. The number of nitrogens with zero attached hydrogens (tertiary/aromatic N) is 2. The fraction of sp³-hybridized carbons (Fsp3) is 0.350. The summed E-state index contributed by atoms with van der Waals surface area (Å²) >= 11 is 0. The van der Waals surface area contributed by atoms with Crippen LogP contribution in [0, 0.1) is 25.5 Å². The predicted octanol–water partition coefficient (Wildman–Crippen LogP) is 5.77. The molecule has 0 heterocycles. The molecule has 2 aromatic carbocycles. The number of aliphatic imine (C=N–C) groups is 1. The van der Waals surface area contributed by atoms with Crippen LogP contribution in [0.2, 0.25) is 0 Å². The van der Waals surface area contributed by atoms with Gasteiger partial charge in [-0.3, -0.25) is 0 Å². The van der Waals surface area contributed by atoms with Crippen molar-refractivity contribution in [3.8, 4) is 11.5 Å². The zero-order valence-corrected chi connectivity index (χ0v) is 15.1. The third-order valence-corrected chi connectivity index (χ3v) is 3.83. The first kappa shape index (κ1) is 18.9. The van der Waals surface area contributed by atoms with Crippen LogP contribution < -0.4 is 4.74 Å². The minimum atomic E-state index is -0.666. The molecule has 0 saturated heterocycles. The smallest absolute Gasteiger partial charge is 0.133 e. The molecule has 0 atom stereocenters. The average molecular weight is 346 g/mol. The molecule has 134 valence electrons. The number of aryl methyl sites for hydroxylation is 2. The summed E-state index contributed by atoms with van der Waals surface area (Å²) in [4.78, 5) is 6.71.